The Morgan fingerprint density at radius 3 is 2.92 bits per heavy atom. The van der Waals surface area contributed by atoms with Gasteiger partial charge in [-0.05, 0) is 43.5 Å². The number of rotatable bonds is 4. The van der Waals surface area contributed by atoms with Crippen LogP contribution in [0.1, 0.15) is 25.3 Å². The van der Waals surface area contributed by atoms with Gasteiger partial charge in [0, 0.05) is 17.3 Å². The fourth-order valence-corrected chi connectivity index (χ4v) is 3.40. The Kier molecular flexibility index (Phi) is 5.25. The standard InChI is InChI=1S/C19H20ClNO4/c1-12-17(19(23)24-2)16(10-13-5-3-6-14(20)9-13)18(22)21(12)11-15-7-4-8-25-15/h3,5-6,9-10,15H,4,7-8,11H2,1-2H3/b16-10-/t15-/m0/s1. The van der Waals surface area contributed by atoms with Crippen LogP contribution in [0.15, 0.2) is 41.1 Å². The summed E-state index contributed by atoms with van der Waals surface area (Å²) in [7, 11) is 1.31. The summed E-state index contributed by atoms with van der Waals surface area (Å²) < 4.78 is 10.5. The Bertz CT molecular complexity index is 762. The maximum atomic E-state index is 12.9. The van der Waals surface area contributed by atoms with Crippen LogP contribution < -0.4 is 0 Å². The first-order chi connectivity index (χ1) is 12.0. The molecule has 2 aliphatic heterocycles. The third-order valence-corrected chi connectivity index (χ3v) is 4.71. The van der Waals surface area contributed by atoms with Crippen molar-refractivity contribution in [1.82, 2.24) is 4.90 Å². The number of methoxy groups -OCH3 is 1. The van der Waals surface area contributed by atoms with Crippen molar-refractivity contribution in [3.05, 3.63) is 51.7 Å². The van der Waals surface area contributed by atoms with E-state index in [9.17, 15) is 9.59 Å². The highest BCUT2D eigenvalue weighted by molar-refractivity contribution is 6.30. The van der Waals surface area contributed by atoms with Gasteiger partial charge < -0.3 is 14.4 Å². The smallest absolute Gasteiger partial charge is 0.340 e. The van der Waals surface area contributed by atoms with Gasteiger partial charge in [-0.1, -0.05) is 23.7 Å². The summed E-state index contributed by atoms with van der Waals surface area (Å²) >= 11 is 6.02. The molecule has 0 N–H and O–H groups in total. The lowest BCUT2D eigenvalue weighted by molar-refractivity contribution is -0.136. The lowest BCUT2D eigenvalue weighted by Crippen LogP contribution is -2.33. The average molecular weight is 362 g/mol. The number of allylic oxidation sites excluding steroid dienone is 1. The zero-order chi connectivity index (χ0) is 18.0. The van der Waals surface area contributed by atoms with Crippen LogP contribution in [0.3, 0.4) is 0 Å². The Labute approximate surface area is 151 Å². The fraction of sp³-hybridized carbons (Fsp3) is 0.368. The van der Waals surface area contributed by atoms with E-state index in [0.29, 0.717) is 35.0 Å². The van der Waals surface area contributed by atoms with E-state index in [1.807, 2.05) is 6.07 Å². The molecule has 132 valence electrons. The summed E-state index contributed by atoms with van der Waals surface area (Å²) in [6, 6.07) is 7.13. The average Bonchev–Trinajstić information content (AvgIpc) is 3.18. The number of ether oxygens (including phenoxy) is 2. The van der Waals surface area contributed by atoms with Crippen LogP contribution in [0.25, 0.3) is 6.08 Å². The molecule has 1 saturated heterocycles. The molecule has 0 aliphatic carbocycles. The van der Waals surface area contributed by atoms with E-state index in [0.717, 1.165) is 18.4 Å². The van der Waals surface area contributed by atoms with Gasteiger partial charge in [0.2, 0.25) is 0 Å². The third kappa shape index (κ3) is 3.62. The molecule has 3 rings (SSSR count). The predicted octanol–water partition coefficient (Wildman–Crippen LogP) is 3.19. The summed E-state index contributed by atoms with van der Waals surface area (Å²) in [6.07, 6.45) is 3.59. The van der Waals surface area contributed by atoms with Crippen LogP contribution in [0.2, 0.25) is 5.02 Å². The second kappa shape index (κ2) is 7.42. The van der Waals surface area contributed by atoms with Gasteiger partial charge in [-0.2, -0.15) is 0 Å². The van der Waals surface area contributed by atoms with E-state index in [4.69, 9.17) is 21.1 Å². The van der Waals surface area contributed by atoms with Gasteiger partial charge in [0.1, 0.15) is 0 Å². The minimum absolute atomic E-state index is 0.00307. The van der Waals surface area contributed by atoms with Gasteiger partial charge in [0.05, 0.1) is 30.9 Å². The number of carbonyl (C=O) groups is 2. The molecule has 2 aliphatic rings. The number of carbonyl (C=O) groups excluding carboxylic acids is 2. The molecular weight excluding hydrogens is 342 g/mol. The van der Waals surface area contributed by atoms with Crippen molar-refractivity contribution in [2.75, 3.05) is 20.3 Å². The normalized spacial score (nSPS) is 22.2. The number of hydrogen-bond donors (Lipinski definition) is 0. The lowest BCUT2D eigenvalue weighted by atomic mass is 10.0. The number of esters is 1. The molecule has 1 aromatic carbocycles. The van der Waals surface area contributed by atoms with Gasteiger partial charge in [0.15, 0.2) is 0 Å². The van der Waals surface area contributed by atoms with Crippen LogP contribution in [0.5, 0.6) is 0 Å². The van der Waals surface area contributed by atoms with E-state index in [1.54, 1.807) is 36.1 Å². The predicted molar refractivity (Wildman–Crippen MR) is 94.8 cm³/mol. The number of benzene rings is 1. The monoisotopic (exact) mass is 361 g/mol. The molecule has 1 aromatic rings. The number of halogens is 1. The summed E-state index contributed by atoms with van der Waals surface area (Å²) in [5.74, 6) is -0.734. The van der Waals surface area contributed by atoms with Crippen molar-refractivity contribution in [3.8, 4) is 0 Å². The van der Waals surface area contributed by atoms with Crippen molar-refractivity contribution in [3.63, 3.8) is 0 Å². The first kappa shape index (κ1) is 17.7. The largest absolute Gasteiger partial charge is 0.465 e. The molecule has 2 heterocycles. The van der Waals surface area contributed by atoms with E-state index in [1.165, 1.54) is 7.11 Å². The van der Waals surface area contributed by atoms with Gasteiger partial charge in [-0.3, -0.25) is 4.79 Å². The molecule has 0 bridgehead atoms. The molecular formula is C19H20ClNO4. The van der Waals surface area contributed by atoms with Crippen molar-refractivity contribution < 1.29 is 19.1 Å². The molecule has 6 heteroatoms. The summed E-state index contributed by atoms with van der Waals surface area (Å²) in [5, 5.41) is 0.566. The highest BCUT2D eigenvalue weighted by atomic mass is 35.5. The summed E-state index contributed by atoms with van der Waals surface area (Å²) in [5.41, 5.74) is 1.97. The minimum atomic E-state index is -0.519. The molecule has 5 nitrogen and oxygen atoms in total. The van der Waals surface area contributed by atoms with Gasteiger partial charge >= 0.3 is 5.97 Å². The Hall–Kier alpha value is -2.11. The highest BCUT2D eigenvalue weighted by Crippen LogP contribution is 2.33. The van der Waals surface area contributed by atoms with Crippen LogP contribution in [0.4, 0.5) is 0 Å². The van der Waals surface area contributed by atoms with Crippen LogP contribution >= 0.6 is 11.6 Å². The molecule has 1 atom stereocenters. The maximum absolute atomic E-state index is 12.9. The molecule has 0 radical (unpaired) electrons. The molecule has 25 heavy (non-hydrogen) atoms. The Morgan fingerprint density at radius 2 is 2.28 bits per heavy atom. The lowest BCUT2D eigenvalue weighted by Gasteiger charge is -2.21. The number of hydrogen-bond acceptors (Lipinski definition) is 4. The first-order valence-corrected chi connectivity index (χ1v) is 8.59. The second-order valence-corrected chi connectivity index (χ2v) is 6.55. The Balaban J connectivity index is 1.98. The van der Waals surface area contributed by atoms with E-state index < -0.39 is 5.97 Å². The molecule has 0 unspecified atom stereocenters. The molecule has 1 amide bonds. The van der Waals surface area contributed by atoms with Crippen molar-refractivity contribution in [2.45, 2.75) is 25.9 Å². The summed E-state index contributed by atoms with van der Waals surface area (Å²) in [4.78, 5) is 26.8. The highest BCUT2D eigenvalue weighted by Gasteiger charge is 2.38. The molecule has 0 saturated carbocycles. The third-order valence-electron chi connectivity index (χ3n) is 4.47. The van der Waals surface area contributed by atoms with Gasteiger partial charge in [-0.25, -0.2) is 4.79 Å². The van der Waals surface area contributed by atoms with E-state index >= 15 is 0 Å². The molecule has 1 fully saturated rings. The van der Waals surface area contributed by atoms with Crippen molar-refractivity contribution in [1.29, 1.82) is 0 Å². The van der Waals surface area contributed by atoms with Crippen LogP contribution in [0, 0.1) is 0 Å². The maximum Gasteiger partial charge on any atom is 0.340 e. The van der Waals surface area contributed by atoms with E-state index in [2.05, 4.69) is 0 Å². The zero-order valence-corrected chi connectivity index (χ0v) is 15.0. The molecule has 0 spiro atoms. The number of amides is 1. The number of nitrogens with zero attached hydrogens (tertiary/aromatic N) is 1. The fourth-order valence-electron chi connectivity index (χ4n) is 3.20. The topological polar surface area (TPSA) is 55.8 Å². The van der Waals surface area contributed by atoms with Crippen molar-refractivity contribution in [2.24, 2.45) is 0 Å². The van der Waals surface area contributed by atoms with Crippen LogP contribution in [-0.2, 0) is 19.1 Å². The van der Waals surface area contributed by atoms with E-state index in [-0.39, 0.29) is 12.0 Å². The molecule has 0 aromatic heterocycles. The summed E-state index contributed by atoms with van der Waals surface area (Å²) in [6.45, 7) is 2.92. The Morgan fingerprint density at radius 1 is 1.48 bits per heavy atom. The van der Waals surface area contributed by atoms with Gasteiger partial charge in [0.25, 0.3) is 5.91 Å². The van der Waals surface area contributed by atoms with Gasteiger partial charge in [-0.15, -0.1) is 0 Å². The SMILES string of the molecule is COC(=O)C1=C(C)N(C[C@@H]2CCCO2)C(=O)/C1=C\c1cccc(Cl)c1. The first-order valence-electron chi connectivity index (χ1n) is 8.21. The second-order valence-electron chi connectivity index (χ2n) is 6.12. The zero-order valence-electron chi connectivity index (χ0n) is 14.3. The quantitative estimate of drug-likeness (QED) is 0.610. The van der Waals surface area contributed by atoms with Crippen molar-refractivity contribution >= 4 is 29.6 Å². The van der Waals surface area contributed by atoms with Crippen LogP contribution in [-0.4, -0.2) is 43.1 Å². The minimum Gasteiger partial charge on any atom is -0.465 e.